The van der Waals surface area contributed by atoms with E-state index in [9.17, 15) is 13.2 Å². The summed E-state index contributed by atoms with van der Waals surface area (Å²) in [6.07, 6.45) is 0. The van der Waals surface area contributed by atoms with Gasteiger partial charge in [0, 0.05) is 13.1 Å². The average Bonchev–Trinajstić information content (AvgIpc) is 2.30. The molecule has 1 amide bonds. The summed E-state index contributed by atoms with van der Waals surface area (Å²) < 4.78 is 27.4. The van der Waals surface area contributed by atoms with E-state index in [1.165, 1.54) is 4.31 Å². The zero-order valence-corrected chi connectivity index (χ0v) is 14.0. The maximum absolute atomic E-state index is 13.0. The minimum atomic E-state index is -3.71. The number of aryl methyl sites for hydroxylation is 3. The highest BCUT2D eigenvalue weighted by Crippen LogP contribution is 2.30. The largest absolute Gasteiger partial charge is 0.353 e. The molecule has 5 nitrogen and oxygen atoms in total. The molecule has 0 aromatic heterocycles. The van der Waals surface area contributed by atoms with Gasteiger partial charge in [0.05, 0.1) is 4.90 Å². The molecule has 116 valence electrons. The fourth-order valence-electron chi connectivity index (χ4n) is 2.98. The van der Waals surface area contributed by atoms with Gasteiger partial charge < -0.3 is 5.32 Å². The van der Waals surface area contributed by atoms with Crippen LogP contribution in [0, 0.1) is 20.8 Å². The molecule has 0 atom stereocenters. The summed E-state index contributed by atoms with van der Waals surface area (Å²) in [5.74, 6) is -0.264. The molecule has 21 heavy (non-hydrogen) atoms. The van der Waals surface area contributed by atoms with Gasteiger partial charge in [0.1, 0.15) is 5.54 Å². The first-order chi connectivity index (χ1) is 9.58. The number of nitrogens with zero attached hydrogens (tertiary/aromatic N) is 1. The summed E-state index contributed by atoms with van der Waals surface area (Å²) in [6, 6.07) is 3.72. The van der Waals surface area contributed by atoms with Crippen LogP contribution in [0.25, 0.3) is 0 Å². The van der Waals surface area contributed by atoms with E-state index in [-0.39, 0.29) is 12.5 Å². The zero-order valence-electron chi connectivity index (χ0n) is 13.1. The Morgan fingerprint density at radius 2 is 1.67 bits per heavy atom. The lowest BCUT2D eigenvalue weighted by Gasteiger charge is -2.40. The Labute approximate surface area is 126 Å². The van der Waals surface area contributed by atoms with Gasteiger partial charge >= 0.3 is 0 Å². The predicted molar refractivity (Wildman–Crippen MR) is 81.6 cm³/mol. The quantitative estimate of drug-likeness (QED) is 0.900. The van der Waals surface area contributed by atoms with Crippen molar-refractivity contribution >= 4 is 15.9 Å². The van der Waals surface area contributed by atoms with Crippen molar-refractivity contribution in [1.82, 2.24) is 9.62 Å². The van der Waals surface area contributed by atoms with Gasteiger partial charge in [0.2, 0.25) is 15.9 Å². The van der Waals surface area contributed by atoms with Crippen molar-refractivity contribution in [3.05, 3.63) is 28.8 Å². The maximum Gasteiger partial charge on any atom is 0.244 e. The monoisotopic (exact) mass is 310 g/mol. The van der Waals surface area contributed by atoms with Crippen molar-refractivity contribution in [3.63, 3.8) is 0 Å². The van der Waals surface area contributed by atoms with E-state index in [4.69, 9.17) is 0 Å². The lowest BCUT2D eigenvalue weighted by molar-refractivity contribution is -0.131. The molecule has 0 aliphatic carbocycles. The number of amides is 1. The smallest absolute Gasteiger partial charge is 0.244 e. The van der Waals surface area contributed by atoms with E-state index in [0.29, 0.717) is 22.6 Å². The highest BCUT2D eigenvalue weighted by atomic mass is 32.2. The highest BCUT2D eigenvalue weighted by Gasteiger charge is 2.45. The minimum absolute atomic E-state index is 0.264. The van der Waals surface area contributed by atoms with E-state index in [2.05, 4.69) is 5.32 Å². The second-order valence-corrected chi connectivity index (χ2v) is 7.92. The van der Waals surface area contributed by atoms with Crippen LogP contribution >= 0.6 is 0 Å². The number of carbonyl (C=O) groups excluding carboxylic acids is 1. The lowest BCUT2D eigenvalue weighted by Crippen LogP contribution is -2.63. The van der Waals surface area contributed by atoms with Gasteiger partial charge in [-0.15, -0.1) is 0 Å². The van der Waals surface area contributed by atoms with Gasteiger partial charge in [0.25, 0.3) is 0 Å². The summed E-state index contributed by atoms with van der Waals surface area (Å²) >= 11 is 0. The molecule has 1 aliphatic heterocycles. The van der Waals surface area contributed by atoms with Crippen LogP contribution in [0.4, 0.5) is 0 Å². The van der Waals surface area contributed by atoms with Crippen LogP contribution in [0.3, 0.4) is 0 Å². The Bertz CT molecular complexity index is 670. The van der Waals surface area contributed by atoms with Crippen molar-refractivity contribution in [2.75, 3.05) is 13.1 Å². The van der Waals surface area contributed by atoms with Crippen LogP contribution in [0.15, 0.2) is 17.0 Å². The van der Waals surface area contributed by atoms with Gasteiger partial charge in [-0.3, -0.25) is 4.79 Å². The number of hydrogen-bond acceptors (Lipinski definition) is 3. The fraction of sp³-hybridized carbons (Fsp3) is 0.533. The van der Waals surface area contributed by atoms with Gasteiger partial charge in [-0.2, -0.15) is 4.31 Å². The summed E-state index contributed by atoms with van der Waals surface area (Å²) in [4.78, 5) is 12.3. The minimum Gasteiger partial charge on any atom is -0.353 e. The molecule has 0 spiro atoms. The number of nitrogens with one attached hydrogen (secondary N) is 1. The predicted octanol–water partition coefficient (Wildman–Crippen LogP) is 1.51. The van der Waals surface area contributed by atoms with Crippen LogP contribution in [0.1, 0.15) is 30.5 Å². The Balaban J connectivity index is 2.60. The van der Waals surface area contributed by atoms with Crippen LogP contribution in [-0.4, -0.2) is 37.3 Å². The van der Waals surface area contributed by atoms with E-state index < -0.39 is 15.6 Å². The summed E-state index contributed by atoms with van der Waals surface area (Å²) in [5.41, 5.74) is 1.38. The first-order valence-corrected chi connectivity index (χ1v) is 8.41. The summed E-state index contributed by atoms with van der Waals surface area (Å²) in [6.45, 7) is 9.43. The van der Waals surface area contributed by atoms with Gasteiger partial charge in [0.15, 0.2) is 0 Å². The van der Waals surface area contributed by atoms with Crippen molar-refractivity contribution in [2.45, 2.75) is 45.1 Å². The first-order valence-electron chi connectivity index (χ1n) is 6.97. The third-order valence-electron chi connectivity index (χ3n) is 3.93. The van der Waals surface area contributed by atoms with Crippen LogP contribution in [0.5, 0.6) is 0 Å². The molecule has 0 bridgehead atoms. The molecule has 0 radical (unpaired) electrons. The molecular formula is C15H22N2O3S. The SMILES string of the molecule is Cc1cc(C)c(S(=O)(=O)N2CCNC(=O)C2(C)C)c(C)c1. The van der Waals surface area contributed by atoms with Gasteiger partial charge in [-0.1, -0.05) is 17.7 Å². The number of carbonyl (C=O) groups is 1. The Kier molecular flexibility index (Phi) is 3.88. The fourth-order valence-corrected chi connectivity index (χ4v) is 5.15. The molecule has 1 heterocycles. The van der Waals surface area contributed by atoms with Crippen molar-refractivity contribution in [1.29, 1.82) is 0 Å². The summed E-state index contributed by atoms with van der Waals surface area (Å²) in [5, 5.41) is 2.72. The first kappa shape index (κ1) is 16.0. The third-order valence-corrected chi connectivity index (χ3v) is 6.31. The molecule has 1 aliphatic rings. The standard InChI is InChI=1S/C15H22N2O3S/c1-10-8-11(2)13(12(3)9-10)21(19,20)17-7-6-16-14(18)15(17,4)5/h8-9H,6-7H2,1-5H3,(H,16,18). The number of sulfonamides is 1. The van der Waals surface area contributed by atoms with Crippen LogP contribution < -0.4 is 5.32 Å². The number of piperazine rings is 1. The molecule has 6 heteroatoms. The molecule has 2 rings (SSSR count). The van der Waals surface area contributed by atoms with Crippen molar-refractivity contribution < 1.29 is 13.2 Å². The second-order valence-electron chi connectivity index (χ2n) is 6.12. The van der Waals surface area contributed by atoms with Crippen molar-refractivity contribution in [2.24, 2.45) is 0 Å². The van der Waals surface area contributed by atoms with Crippen LogP contribution in [0.2, 0.25) is 0 Å². The van der Waals surface area contributed by atoms with Gasteiger partial charge in [-0.25, -0.2) is 8.42 Å². The molecule has 0 saturated carbocycles. The third kappa shape index (κ3) is 2.58. The van der Waals surface area contributed by atoms with Crippen molar-refractivity contribution in [3.8, 4) is 0 Å². The molecule has 1 aromatic carbocycles. The molecule has 1 N–H and O–H groups in total. The topological polar surface area (TPSA) is 66.5 Å². The number of benzene rings is 1. The molecule has 1 saturated heterocycles. The number of rotatable bonds is 2. The Morgan fingerprint density at radius 3 is 2.19 bits per heavy atom. The molecular weight excluding hydrogens is 288 g/mol. The lowest BCUT2D eigenvalue weighted by atomic mass is 10.0. The second kappa shape index (κ2) is 5.10. The Hall–Kier alpha value is -1.40. The van der Waals surface area contributed by atoms with Gasteiger partial charge in [-0.05, 0) is 45.7 Å². The molecule has 1 aromatic rings. The van der Waals surface area contributed by atoms with E-state index in [1.54, 1.807) is 27.7 Å². The highest BCUT2D eigenvalue weighted by molar-refractivity contribution is 7.89. The molecule has 0 unspecified atom stereocenters. The Morgan fingerprint density at radius 1 is 1.14 bits per heavy atom. The maximum atomic E-state index is 13.0. The zero-order chi connectivity index (χ0) is 16.0. The van der Waals surface area contributed by atoms with E-state index >= 15 is 0 Å². The van der Waals surface area contributed by atoms with E-state index in [1.807, 2.05) is 19.1 Å². The number of hydrogen-bond donors (Lipinski definition) is 1. The van der Waals surface area contributed by atoms with E-state index in [0.717, 1.165) is 5.56 Å². The van der Waals surface area contributed by atoms with Crippen LogP contribution in [-0.2, 0) is 14.8 Å². The molecule has 1 fully saturated rings. The summed E-state index contributed by atoms with van der Waals surface area (Å²) in [7, 11) is -3.71. The normalized spacial score (nSPS) is 19.4. The average molecular weight is 310 g/mol.